The summed E-state index contributed by atoms with van der Waals surface area (Å²) < 4.78 is 1.34. The Bertz CT molecular complexity index is 721. The number of fused-ring (bicyclic) bond motifs is 1. The number of benzene rings is 1. The highest BCUT2D eigenvalue weighted by molar-refractivity contribution is 5.84. The molecule has 0 unspecified atom stereocenters. The van der Waals surface area contributed by atoms with Crippen LogP contribution in [0.3, 0.4) is 0 Å². The molecule has 0 fully saturated rings. The molecule has 18 heavy (non-hydrogen) atoms. The van der Waals surface area contributed by atoms with Crippen LogP contribution in [-0.4, -0.2) is 30.7 Å². The first-order valence-corrected chi connectivity index (χ1v) is 5.26. The van der Waals surface area contributed by atoms with E-state index in [1.807, 2.05) is 30.3 Å². The molecule has 88 valence electrons. The van der Waals surface area contributed by atoms with Crippen molar-refractivity contribution in [1.29, 1.82) is 0 Å². The third-order valence-corrected chi connectivity index (χ3v) is 2.54. The molecule has 0 bridgehead atoms. The van der Waals surface area contributed by atoms with Crippen molar-refractivity contribution in [1.82, 2.24) is 19.6 Å². The number of carboxylic acids is 1. The molecule has 6 nitrogen and oxygen atoms in total. The number of nitrogens with zero attached hydrogens (tertiary/aromatic N) is 4. The van der Waals surface area contributed by atoms with Gasteiger partial charge in [-0.3, -0.25) is 4.40 Å². The third kappa shape index (κ3) is 1.60. The maximum atomic E-state index is 10.9. The molecule has 3 rings (SSSR count). The molecule has 0 saturated heterocycles. The summed E-state index contributed by atoms with van der Waals surface area (Å²) in [6, 6.07) is 11.3. The highest BCUT2D eigenvalue weighted by Gasteiger charge is 2.13. The minimum Gasteiger partial charge on any atom is -0.475 e. The van der Waals surface area contributed by atoms with Crippen LogP contribution in [0.4, 0.5) is 0 Å². The highest BCUT2D eigenvalue weighted by atomic mass is 16.4. The van der Waals surface area contributed by atoms with Crippen LogP contribution in [0, 0.1) is 0 Å². The van der Waals surface area contributed by atoms with Gasteiger partial charge in [-0.25, -0.2) is 9.78 Å². The van der Waals surface area contributed by atoms with Gasteiger partial charge >= 0.3 is 5.97 Å². The van der Waals surface area contributed by atoms with E-state index in [9.17, 15) is 4.79 Å². The van der Waals surface area contributed by atoms with Gasteiger partial charge in [-0.2, -0.15) is 0 Å². The predicted octanol–water partition coefficient (Wildman–Crippen LogP) is 1.49. The fourth-order valence-corrected chi connectivity index (χ4v) is 1.70. The van der Waals surface area contributed by atoms with Gasteiger partial charge < -0.3 is 5.11 Å². The topological polar surface area (TPSA) is 80.4 Å². The zero-order valence-electron chi connectivity index (χ0n) is 9.19. The summed E-state index contributed by atoms with van der Waals surface area (Å²) in [6.07, 6.45) is 1.61. The summed E-state index contributed by atoms with van der Waals surface area (Å²) in [5, 5.41) is 16.2. The van der Waals surface area contributed by atoms with Gasteiger partial charge in [0.2, 0.25) is 5.82 Å². The Morgan fingerprint density at radius 1 is 1.11 bits per heavy atom. The van der Waals surface area contributed by atoms with E-state index in [4.69, 9.17) is 5.11 Å². The van der Waals surface area contributed by atoms with Gasteiger partial charge in [-0.1, -0.05) is 30.3 Å². The fourth-order valence-electron chi connectivity index (χ4n) is 1.70. The number of carbonyl (C=O) groups is 1. The maximum absolute atomic E-state index is 10.9. The van der Waals surface area contributed by atoms with Crippen LogP contribution in [0.15, 0.2) is 42.6 Å². The third-order valence-electron chi connectivity index (χ3n) is 2.54. The van der Waals surface area contributed by atoms with Crippen LogP contribution < -0.4 is 0 Å². The van der Waals surface area contributed by atoms with Gasteiger partial charge in [0.15, 0.2) is 0 Å². The number of rotatable bonds is 2. The average Bonchev–Trinajstić information content (AvgIpc) is 2.82. The molecular formula is C12H8N4O2. The first-order chi connectivity index (χ1) is 8.75. The zero-order valence-corrected chi connectivity index (χ0v) is 9.19. The standard InChI is InChI=1S/C12H8N4O2/c17-11(18)10-14-15-12-13-9(6-7-16(10)12)8-4-2-1-3-5-8/h1-7H,(H,17,18). The quantitative estimate of drug-likeness (QED) is 0.734. The SMILES string of the molecule is O=C(O)c1nnc2nc(-c3ccccc3)ccn12. The molecule has 0 saturated carbocycles. The summed E-state index contributed by atoms with van der Waals surface area (Å²) in [5.74, 6) is -0.998. The molecule has 3 aromatic rings. The van der Waals surface area contributed by atoms with Crippen molar-refractivity contribution in [3.05, 3.63) is 48.4 Å². The Kier molecular flexibility index (Phi) is 2.26. The molecule has 0 radical (unpaired) electrons. The van der Waals surface area contributed by atoms with E-state index >= 15 is 0 Å². The van der Waals surface area contributed by atoms with E-state index in [2.05, 4.69) is 15.2 Å². The molecule has 1 N–H and O–H groups in total. The largest absolute Gasteiger partial charge is 0.475 e. The summed E-state index contributed by atoms with van der Waals surface area (Å²) in [5.41, 5.74) is 1.67. The number of hydrogen-bond acceptors (Lipinski definition) is 4. The molecule has 0 atom stereocenters. The lowest BCUT2D eigenvalue weighted by Gasteiger charge is -2.00. The molecule has 0 aliphatic heterocycles. The summed E-state index contributed by atoms with van der Waals surface area (Å²) in [4.78, 5) is 15.2. The van der Waals surface area contributed by atoms with Gasteiger partial charge in [0.05, 0.1) is 5.69 Å². The second kappa shape index (κ2) is 3.92. The van der Waals surface area contributed by atoms with Crippen LogP contribution in [0.25, 0.3) is 17.0 Å². The lowest BCUT2D eigenvalue weighted by Crippen LogP contribution is -2.03. The molecule has 0 amide bonds. The first-order valence-electron chi connectivity index (χ1n) is 5.26. The monoisotopic (exact) mass is 240 g/mol. The van der Waals surface area contributed by atoms with Gasteiger partial charge in [-0.05, 0) is 6.07 Å². The Hall–Kier alpha value is -2.76. The van der Waals surface area contributed by atoms with Gasteiger partial charge in [0.25, 0.3) is 5.78 Å². The molecule has 0 spiro atoms. The minimum atomic E-state index is -1.13. The van der Waals surface area contributed by atoms with E-state index in [1.54, 1.807) is 12.3 Å². The highest BCUT2D eigenvalue weighted by Crippen LogP contribution is 2.16. The molecule has 0 aliphatic carbocycles. The Morgan fingerprint density at radius 2 is 1.89 bits per heavy atom. The van der Waals surface area contributed by atoms with E-state index in [-0.39, 0.29) is 11.6 Å². The molecular weight excluding hydrogens is 232 g/mol. The van der Waals surface area contributed by atoms with Crippen molar-refractivity contribution in [2.45, 2.75) is 0 Å². The Labute approximate surface area is 102 Å². The lowest BCUT2D eigenvalue weighted by molar-refractivity contribution is 0.0682. The van der Waals surface area contributed by atoms with Crippen LogP contribution in [0.5, 0.6) is 0 Å². The Balaban J connectivity index is 2.16. The van der Waals surface area contributed by atoms with Gasteiger partial charge in [-0.15, -0.1) is 10.2 Å². The van der Waals surface area contributed by atoms with Crippen LogP contribution in [-0.2, 0) is 0 Å². The molecule has 0 aliphatic rings. The van der Waals surface area contributed by atoms with Gasteiger partial charge in [0, 0.05) is 11.8 Å². The molecule has 2 aromatic heterocycles. The summed E-state index contributed by atoms with van der Waals surface area (Å²) in [7, 11) is 0. The van der Waals surface area contributed by atoms with Crippen LogP contribution >= 0.6 is 0 Å². The van der Waals surface area contributed by atoms with E-state index in [0.29, 0.717) is 0 Å². The molecule has 1 aromatic carbocycles. The van der Waals surface area contributed by atoms with Crippen LogP contribution in [0.1, 0.15) is 10.6 Å². The van der Waals surface area contributed by atoms with Crippen molar-refractivity contribution in [3.8, 4) is 11.3 Å². The molecule has 2 heterocycles. The van der Waals surface area contributed by atoms with Crippen molar-refractivity contribution in [3.63, 3.8) is 0 Å². The summed E-state index contributed by atoms with van der Waals surface area (Å²) >= 11 is 0. The second-order valence-electron chi connectivity index (χ2n) is 3.68. The number of aromatic nitrogens is 4. The van der Waals surface area contributed by atoms with Crippen molar-refractivity contribution >= 4 is 11.7 Å². The van der Waals surface area contributed by atoms with Crippen LogP contribution in [0.2, 0.25) is 0 Å². The number of hydrogen-bond donors (Lipinski definition) is 1. The van der Waals surface area contributed by atoms with E-state index < -0.39 is 5.97 Å². The number of aromatic carboxylic acids is 1. The second-order valence-corrected chi connectivity index (χ2v) is 3.68. The van der Waals surface area contributed by atoms with E-state index in [1.165, 1.54) is 4.40 Å². The van der Waals surface area contributed by atoms with Gasteiger partial charge in [0.1, 0.15) is 0 Å². The molecule has 6 heteroatoms. The normalized spacial score (nSPS) is 10.7. The number of carboxylic acid groups (broad SMARTS) is 1. The van der Waals surface area contributed by atoms with Crippen molar-refractivity contribution in [2.24, 2.45) is 0 Å². The average molecular weight is 240 g/mol. The minimum absolute atomic E-state index is 0.142. The smallest absolute Gasteiger partial charge is 0.374 e. The predicted molar refractivity (Wildman–Crippen MR) is 63.2 cm³/mol. The zero-order chi connectivity index (χ0) is 12.5. The first kappa shape index (κ1) is 10.4. The fraction of sp³-hybridized carbons (Fsp3) is 0. The van der Waals surface area contributed by atoms with Crippen molar-refractivity contribution < 1.29 is 9.90 Å². The van der Waals surface area contributed by atoms with E-state index in [0.717, 1.165) is 11.3 Å². The Morgan fingerprint density at radius 3 is 2.61 bits per heavy atom. The van der Waals surface area contributed by atoms with Crippen molar-refractivity contribution in [2.75, 3.05) is 0 Å². The summed E-state index contributed by atoms with van der Waals surface area (Å²) in [6.45, 7) is 0. The maximum Gasteiger partial charge on any atom is 0.374 e. The lowest BCUT2D eigenvalue weighted by atomic mass is 10.1.